The zero-order chi connectivity index (χ0) is 24.7. The summed E-state index contributed by atoms with van der Waals surface area (Å²) in [6.45, 7) is 3.56. The molecule has 4 heterocycles. The van der Waals surface area contributed by atoms with E-state index in [1.165, 1.54) is 19.7 Å². The van der Waals surface area contributed by atoms with Crippen LogP contribution in [0.3, 0.4) is 0 Å². The zero-order valence-corrected chi connectivity index (χ0v) is 19.5. The van der Waals surface area contributed by atoms with Crippen LogP contribution >= 0.6 is 0 Å². The molecule has 2 aliphatic heterocycles. The number of benzene rings is 1. The lowest BCUT2D eigenvalue weighted by Gasteiger charge is -2.24. The van der Waals surface area contributed by atoms with Crippen molar-refractivity contribution in [1.82, 2.24) is 24.8 Å². The quantitative estimate of drug-likeness (QED) is 0.492. The van der Waals surface area contributed by atoms with Crippen molar-refractivity contribution >= 4 is 34.6 Å². The predicted molar refractivity (Wildman–Crippen MR) is 123 cm³/mol. The molecule has 0 saturated carbocycles. The van der Waals surface area contributed by atoms with Crippen LogP contribution in [0.2, 0.25) is 0 Å². The van der Waals surface area contributed by atoms with Gasteiger partial charge in [0.25, 0.3) is 5.91 Å². The molecule has 13 nitrogen and oxygen atoms in total. The Hall–Kier alpha value is -3.81. The van der Waals surface area contributed by atoms with E-state index in [-0.39, 0.29) is 11.7 Å². The van der Waals surface area contributed by atoms with Crippen molar-refractivity contribution in [3.8, 4) is 5.75 Å². The van der Waals surface area contributed by atoms with Crippen molar-refractivity contribution in [1.29, 1.82) is 0 Å². The number of anilines is 2. The Kier molecular flexibility index (Phi) is 5.75. The van der Waals surface area contributed by atoms with Crippen LogP contribution in [-0.2, 0) is 19.0 Å². The van der Waals surface area contributed by atoms with Gasteiger partial charge in [0, 0.05) is 12.7 Å². The first-order valence-corrected chi connectivity index (χ1v) is 10.9. The third-order valence-corrected chi connectivity index (χ3v) is 5.75. The zero-order valence-electron chi connectivity index (χ0n) is 19.5. The van der Waals surface area contributed by atoms with E-state index in [0.717, 1.165) is 0 Å². The van der Waals surface area contributed by atoms with E-state index in [1.54, 1.807) is 49.8 Å². The number of nitrogens with zero attached hydrogens (tertiary/aromatic N) is 4. The van der Waals surface area contributed by atoms with Gasteiger partial charge in [-0.05, 0) is 38.1 Å². The lowest BCUT2D eigenvalue weighted by Crippen LogP contribution is -2.41. The van der Waals surface area contributed by atoms with Crippen LogP contribution in [0.1, 0.15) is 20.1 Å². The minimum atomic E-state index is -0.888. The van der Waals surface area contributed by atoms with E-state index in [9.17, 15) is 9.59 Å². The maximum absolute atomic E-state index is 12.6. The van der Waals surface area contributed by atoms with Gasteiger partial charge >= 0.3 is 6.03 Å². The number of imidazole rings is 1. The summed E-state index contributed by atoms with van der Waals surface area (Å²) in [7, 11) is 3.10. The van der Waals surface area contributed by atoms with Crippen LogP contribution < -0.4 is 20.7 Å². The van der Waals surface area contributed by atoms with Crippen molar-refractivity contribution < 1.29 is 28.5 Å². The van der Waals surface area contributed by atoms with Gasteiger partial charge in [-0.2, -0.15) is 0 Å². The Balaban J connectivity index is 1.39. The number of fused-ring (bicyclic) bond motifs is 2. The molecule has 184 valence electrons. The molecule has 13 heteroatoms. The number of likely N-dealkylation sites (N-methyl/N-ethyl adjacent to an activating group) is 1. The Morgan fingerprint density at radius 3 is 2.51 bits per heavy atom. The second-order valence-electron chi connectivity index (χ2n) is 8.48. The van der Waals surface area contributed by atoms with Gasteiger partial charge in [-0.25, -0.2) is 19.7 Å². The number of urea groups is 1. The van der Waals surface area contributed by atoms with E-state index in [2.05, 4.69) is 30.9 Å². The molecule has 3 aromatic rings. The van der Waals surface area contributed by atoms with Crippen LogP contribution in [0.4, 0.5) is 16.3 Å². The topological polar surface area (TPSA) is 151 Å². The molecule has 1 aromatic carbocycles. The number of carbonyl (C=O) groups excluding carboxylic acids is 2. The molecule has 0 spiro atoms. The Labute approximate surface area is 200 Å². The molecule has 0 bridgehead atoms. The summed E-state index contributed by atoms with van der Waals surface area (Å²) in [5.74, 6) is -0.322. The normalized spacial score (nSPS) is 24.7. The van der Waals surface area contributed by atoms with E-state index in [0.29, 0.717) is 22.6 Å². The minimum Gasteiger partial charge on any atom is -0.497 e. The van der Waals surface area contributed by atoms with Gasteiger partial charge in [-0.1, -0.05) is 0 Å². The predicted octanol–water partition coefficient (Wildman–Crippen LogP) is 1.64. The number of methoxy groups -OCH3 is 1. The van der Waals surface area contributed by atoms with Crippen LogP contribution in [-0.4, -0.2) is 69.7 Å². The van der Waals surface area contributed by atoms with Gasteiger partial charge in [-0.15, -0.1) is 0 Å². The average molecular weight is 483 g/mol. The number of hydrogen-bond acceptors (Lipinski definition) is 9. The van der Waals surface area contributed by atoms with Crippen LogP contribution in [0.5, 0.6) is 5.75 Å². The largest absolute Gasteiger partial charge is 0.497 e. The first kappa shape index (κ1) is 23.0. The molecule has 35 heavy (non-hydrogen) atoms. The molecule has 4 atom stereocenters. The van der Waals surface area contributed by atoms with E-state index < -0.39 is 36.4 Å². The maximum atomic E-state index is 12.6. The van der Waals surface area contributed by atoms with Gasteiger partial charge in [0.2, 0.25) is 0 Å². The summed E-state index contributed by atoms with van der Waals surface area (Å²) < 4.78 is 24.8. The van der Waals surface area contributed by atoms with Crippen molar-refractivity contribution in [3.63, 3.8) is 0 Å². The van der Waals surface area contributed by atoms with Crippen LogP contribution in [0.15, 0.2) is 36.9 Å². The number of aromatic nitrogens is 4. The van der Waals surface area contributed by atoms with Gasteiger partial charge in [0.05, 0.1) is 13.4 Å². The summed E-state index contributed by atoms with van der Waals surface area (Å²) in [5.41, 5.74) is 1.32. The Bertz CT molecular complexity index is 1260. The Morgan fingerprint density at radius 2 is 1.80 bits per heavy atom. The fourth-order valence-corrected chi connectivity index (χ4v) is 4.23. The molecule has 2 fully saturated rings. The number of rotatable bonds is 5. The van der Waals surface area contributed by atoms with Crippen molar-refractivity contribution in [2.75, 3.05) is 24.8 Å². The van der Waals surface area contributed by atoms with Crippen LogP contribution in [0.25, 0.3) is 11.2 Å². The maximum Gasteiger partial charge on any atom is 0.324 e. The number of nitrogens with one attached hydrogen (secondary N) is 3. The highest BCUT2D eigenvalue weighted by molar-refractivity contribution is 6.03. The summed E-state index contributed by atoms with van der Waals surface area (Å²) in [5, 5.41) is 8.01. The number of ether oxygens (including phenoxy) is 4. The van der Waals surface area contributed by atoms with E-state index >= 15 is 0 Å². The molecule has 2 saturated heterocycles. The Morgan fingerprint density at radius 1 is 1.06 bits per heavy atom. The molecule has 0 aliphatic carbocycles. The highest BCUT2D eigenvalue weighted by Gasteiger charge is 2.58. The molecular weight excluding hydrogens is 458 g/mol. The molecule has 5 rings (SSSR count). The smallest absolute Gasteiger partial charge is 0.324 e. The number of amides is 3. The van der Waals surface area contributed by atoms with Gasteiger partial charge < -0.3 is 29.6 Å². The summed E-state index contributed by atoms with van der Waals surface area (Å²) in [6.07, 6.45) is 0.0295. The van der Waals surface area contributed by atoms with E-state index in [1.807, 2.05) is 0 Å². The van der Waals surface area contributed by atoms with E-state index in [4.69, 9.17) is 18.9 Å². The number of hydrogen-bond donors (Lipinski definition) is 3. The minimum absolute atomic E-state index is 0.209. The van der Waals surface area contributed by atoms with Gasteiger partial charge in [0.1, 0.15) is 24.3 Å². The molecule has 0 radical (unpaired) electrons. The highest BCUT2D eigenvalue weighted by Crippen LogP contribution is 2.43. The molecule has 2 aromatic heterocycles. The van der Waals surface area contributed by atoms with Crippen LogP contribution in [0, 0.1) is 0 Å². The second kappa shape index (κ2) is 8.76. The third kappa shape index (κ3) is 4.24. The van der Waals surface area contributed by atoms with Gasteiger partial charge in [0.15, 0.2) is 35.1 Å². The second-order valence-corrected chi connectivity index (χ2v) is 8.48. The third-order valence-electron chi connectivity index (χ3n) is 5.75. The molecule has 0 unspecified atom stereocenters. The van der Waals surface area contributed by atoms with Gasteiger partial charge in [-0.3, -0.25) is 14.7 Å². The first-order valence-electron chi connectivity index (χ1n) is 10.9. The standard InChI is InChI=1S/C22H25N7O6/c1-22(2)34-14-15(19(30)23-3)33-20(16(14)35-22)29-10-26-13-17(24-9-25-18(13)29)28-21(31)27-11-5-7-12(32-4)8-6-11/h5-10,14-16,20H,1-4H3,(H,23,30)(H2,24,25,27,28,31)/t14-,15+,16-,20-/m1/s1. The summed E-state index contributed by atoms with van der Waals surface area (Å²) in [4.78, 5) is 37.9. The molecule has 3 N–H and O–H groups in total. The number of carbonyl (C=O) groups is 2. The molecule has 3 amide bonds. The first-order chi connectivity index (χ1) is 16.8. The summed E-state index contributed by atoms with van der Waals surface area (Å²) in [6, 6.07) is 6.39. The molecular formula is C22H25N7O6. The average Bonchev–Trinajstić information content (AvgIpc) is 3.50. The fraction of sp³-hybridized carbons (Fsp3) is 0.409. The van der Waals surface area contributed by atoms with Crippen molar-refractivity contribution in [3.05, 3.63) is 36.9 Å². The fourth-order valence-electron chi connectivity index (χ4n) is 4.23. The lowest BCUT2D eigenvalue weighted by atomic mass is 10.1. The lowest BCUT2D eigenvalue weighted by molar-refractivity contribution is -0.197. The van der Waals surface area contributed by atoms with Crippen molar-refractivity contribution in [2.45, 2.75) is 44.2 Å². The molecule has 2 aliphatic rings. The van der Waals surface area contributed by atoms with Crippen molar-refractivity contribution in [2.24, 2.45) is 0 Å². The SMILES string of the molecule is CNC(=O)[C@H]1O[C@@H](n2cnc3c(NC(=O)Nc4ccc(OC)cc4)ncnc32)[C@@H]2OC(C)(C)O[C@@H]21. The highest BCUT2D eigenvalue weighted by atomic mass is 16.8. The monoisotopic (exact) mass is 483 g/mol. The summed E-state index contributed by atoms with van der Waals surface area (Å²) >= 11 is 0.